The molecule has 1 aromatic heterocycles. The van der Waals surface area contributed by atoms with Crippen molar-refractivity contribution in [1.29, 1.82) is 0 Å². The highest BCUT2D eigenvalue weighted by atomic mass is 16.3. The second-order valence-corrected chi connectivity index (χ2v) is 7.24. The molecule has 144 valence electrons. The van der Waals surface area contributed by atoms with Crippen LogP contribution in [0.4, 0.5) is 0 Å². The van der Waals surface area contributed by atoms with Crippen molar-refractivity contribution in [3.05, 3.63) is 71.5 Å². The molecule has 0 N–H and O–H groups in total. The molecule has 0 atom stereocenters. The first-order chi connectivity index (χ1) is 13.7. The van der Waals surface area contributed by atoms with Crippen molar-refractivity contribution in [2.24, 2.45) is 0 Å². The Morgan fingerprint density at radius 2 is 1.93 bits per heavy atom. The fourth-order valence-corrected chi connectivity index (χ4v) is 3.65. The number of hydrogen-bond donors (Lipinski definition) is 0. The van der Waals surface area contributed by atoms with Gasteiger partial charge in [-0.25, -0.2) is 0 Å². The maximum Gasteiger partial charge on any atom is 0.254 e. The van der Waals surface area contributed by atoms with Crippen molar-refractivity contribution in [2.45, 2.75) is 32.9 Å². The van der Waals surface area contributed by atoms with Gasteiger partial charge in [0.25, 0.3) is 5.91 Å². The van der Waals surface area contributed by atoms with Crippen LogP contribution in [0.5, 0.6) is 0 Å². The van der Waals surface area contributed by atoms with E-state index in [2.05, 4.69) is 6.92 Å². The number of para-hydroxylation sites is 1. The van der Waals surface area contributed by atoms with Crippen molar-refractivity contribution >= 4 is 22.8 Å². The zero-order valence-electron chi connectivity index (χ0n) is 16.1. The molecule has 2 aromatic carbocycles. The van der Waals surface area contributed by atoms with Gasteiger partial charge in [0.15, 0.2) is 0 Å². The lowest BCUT2D eigenvalue weighted by atomic mass is 10.1. The first-order valence-electron chi connectivity index (χ1n) is 9.78. The molecule has 4 rings (SSSR count). The number of carbonyl (C=O) groups excluding carboxylic acids is 2. The molecule has 0 fully saturated rings. The fourth-order valence-electron chi connectivity index (χ4n) is 3.65. The van der Waals surface area contributed by atoms with E-state index in [1.165, 1.54) is 0 Å². The summed E-state index contributed by atoms with van der Waals surface area (Å²) in [6, 6.07) is 17.4. The van der Waals surface area contributed by atoms with Gasteiger partial charge in [0, 0.05) is 24.0 Å². The minimum atomic E-state index is -0.0665. The molecular weight excluding hydrogens is 352 g/mol. The molecule has 1 aliphatic heterocycles. The van der Waals surface area contributed by atoms with Crippen molar-refractivity contribution in [2.75, 3.05) is 13.1 Å². The SMILES string of the molecule is CCCCN(Cc1cc2ccccc2o1)C(=O)CN1Cc2ccccc2C1=O. The lowest BCUT2D eigenvalue weighted by Gasteiger charge is -2.24. The zero-order valence-corrected chi connectivity index (χ0v) is 16.1. The second-order valence-electron chi connectivity index (χ2n) is 7.24. The highest BCUT2D eigenvalue weighted by molar-refractivity contribution is 6.00. The number of nitrogens with zero attached hydrogens (tertiary/aromatic N) is 2. The van der Waals surface area contributed by atoms with Crippen LogP contribution in [0, 0.1) is 0 Å². The maximum absolute atomic E-state index is 13.0. The number of amides is 2. The van der Waals surface area contributed by atoms with Crippen LogP contribution in [0.3, 0.4) is 0 Å². The molecule has 0 aliphatic carbocycles. The first-order valence-corrected chi connectivity index (χ1v) is 9.78. The molecular formula is C23H24N2O3. The Morgan fingerprint density at radius 1 is 1.14 bits per heavy atom. The monoisotopic (exact) mass is 376 g/mol. The van der Waals surface area contributed by atoms with Crippen LogP contribution in [0.25, 0.3) is 11.0 Å². The van der Waals surface area contributed by atoms with Crippen molar-refractivity contribution in [1.82, 2.24) is 9.80 Å². The largest absolute Gasteiger partial charge is 0.459 e. The van der Waals surface area contributed by atoms with Gasteiger partial charge in [-0.2, -0.15) is 0 Å². The Labute approximate surface area is 164 Å². The van der Waals surface area contributed by atoms with Crippen molar-refractivity contribution in [3.63, 3.8) is 0 Å². The van der Waals surface area contributed by atoms with Gasteiger partial charge in [-0.1, -0.05) is 49.7 Å². The third kappa shape index (κ3) is 3.65. The molecule has 0 radical (unpaired) electrons. The van der Waals surface area contributed by atoms with Gasteiger partial charge in [-0.15, -0.1) is 0 Å². The standard InChI is InChI=1S/C23H24N2O3/c1-2-3-12-24(15-19-13-17-8-5-7-11-21(17)28-19)22(26)16-25-14-18-9-4-6-10-20(18)23(25)27/h4-11,13H,2-3,12,14-16H2,1H3. The van der Waals surface area contributed by atoms with Crippen LogP contribution in [0.1, 0.15) is 41.4 Å². The summed E-state index contributed by atoms with van der Waals surface area (Å²) in [7, 11) is 0. The van der Waals surface area contributed by atoms with Crippen LogP contribution in [0.15, 0.2) is 59.0 Å². The van der Waals surface area contributed by atoms with Crippen LogP contribution in [0.2, 0.25) is 0 Å². The third-order valence-corrected chi connectivity index (χ3v) is 5.18. The predicted octanol–water partition coefficient (Wildman–Crippen LogP) is 4.22. The Morgan fingerprint density at radius 3 is 2.71 bits per heavy atom. The van der Waals surface area contributed by atoms with E-state index in [4.69, 9.17) is 4.42 Å². The molecule has 3 aromatic rings. The van der Waals surface area contributed by atoms with Gasteiger partial charge < -0.3 is 14.2 Å². The van der Waals surface area contributed by atoms with Crippen LogP contribution in [-0.2, 0) is 17.9 Å². The summed E-state index contributed by atoms with van der Waals surface area (Å²) in [5, 5.41) is 1.03. The fraction of sp³-hybridized carbons (Fsp3) is 0.304. The normalized spacial score (nSPS) is 13.2. The molecule has 0 saturated carbocycles. The molecule has 28 heavy (non-hydrogen) atoms. The summed E-state index contributed by atoms with van der Waals surface area (Å²) in [5.74, 6) is 0.653. The average molecular weight is 376 g/mol. The number of carbonyl (C=O) groups is 2. The molecule has 5 nitrogen and oxygen atoms in total. The smallest absolute Gasteiger partial charge is 0.254 e. The van der Waals surface area contributed by atoms with E-state index in [1.807, 2.05) is 54.6 Å². The van der Waals surface area contributed by atoms with Crippen LogP contribution in [-0.4, -0.2) is 34.7 Å². The average Bonchev–Trinajstić information content (AvgIpc) is 3.26. The number of rotatable bonds is 7. The van der Waals surface area contributed by atoms with Crippen LogP contribution < -0.4 is 0 Å². The highest BCUT2D eigenvalue weighted by Gasteiger charge is 2.29. The topological polar surface area (TPSA) is 53.8 Å². The summed E-state index contributed by atoms with van der Waals surface area (Å²) >= 11 is 0. The Bertz CT molecular complexity index is 975. The van der Waals surface area contributed by atoms with E-state index < -0.39 is 0 Å². The van der Waals surface area contributed by atoms with Crippen molar-refractivity contribution < 1.29 is 14.0 Å². The molecule has 2 amide bonds. The quantitative estimate of drug-likeness (QED) is 0.620. The van der Waals surface area contributed by atoms with Gasteiger partial charge in [0.2, 0.25) is 5.91 Å². The van der Waals surface area contributed by atoms with Gasteiger partial charge in [0.1, 0.15) is 17.9 Å². The summed E-state index contributed by atoms with van der Waals surface area (Å²) in [6.07, 6.45) is 1.91. The van der Waals surface area contributed by atoms with E-state index in [9.17, 15) is 9.59 Å². The highest BCUT2D eigenvalue weighted by Crippen LogP contribution is 2.23. The Balaban J connectivity index is 1.47. The molecule has 5 heteroatoms. The van der Waals surface area contributed by atoms with Gasteiger partial charge >= 0.3 is 0 Å². The molecule has 1 aliphatic rings. The number of fused-ring (bicyclic) bond motifs is 2. The lowest BCUT2D eigenvalue weighted by Crippen LogP contribution is -2.40. The second kappa shape index (κ2) is 7.89. The molecule has 0 bridgehead atoms. The lowest BCUT2D eigenvalue weighted by molar-refractivity contribution is -0.132. The van der Waals surface area contributed by atoms with E-state index in [-0.39, 0.29) is 18.4 Å². The first kappa shape index (κ1) is 18.3. The summed E-state index contributed by atoms with van der Waals surface area (Å²) < 4.78 is 5.90. The summed E-state index contributed by atoms with van der Waals surface area (Å²) in [4.78, 5) is 29.0. The minimum absolute atomic E-state index is 0.0462. The van der Waals surface area contributed by atoms with Gasteiger partial charge in [-0.3, -0.25) is 9.59 Å². The van der Waals surface area contributed by atoms with E-state index in [0.29, 0.717) is 25.2 Å². The van der Waals surface area contributed by atoms with Gasteiger partial charge in [-0.05, 0) is 30.2 Å². The third-order valence-electron chi connectivity index (χ3n) is 5.18. The summed E-state index contributed by atoms with van der Waals surface area (Å²) in [6.45, 7) is 3.76. The molecule has 0 unspecified atom stereocenters. The van der Waals surface area contributed by atoms with E-state index in [1.54, 1.807) is 9.80 Å². The zero-order chi connectivity index (χ0) is 19.5. The Kier molecular flexibility index (Phi) is 5.15. The van der Waals surface area contributed by atoms with Crippen LogP contribution >= 0.6 is 0 Å². The van der Waals surface area contributed by atoms with E-state index >= 15 is 0 Å². The van der Waals surface area contributed by atoms with Crippen molar-refractivity contribution in [3.8, 4) is 0 Å². The number of furan rings is 1. The molecule has 0 saturated heterocycles. The Hall–Kier alpha value is -3.08. The van der Waals surface area contributed by atoms with E-state index in [0.717, 1.165) is 35.1 Å². The number of benzene rings is 2. The van der Waals surface area contributed by atoms with Gasteiger partial charge in [0.05, 0.1) is 6.54 Å². The minimum Gasteiger partial charge on any atom is -0.459 e. The molecule has 2 heterocycles. The predicted molar refractivity (Wildman–Crippen MR) is 108 cm³/mol. The molecule has 0 spiro atoms. The maximum atomic E-state index is 13.0. The number of unbranched alkanes of at least 4 members (excludes halogenated alkanes) is 1. The summed E-state index contributed by atoms with van der Waals surface area (Å²) in [5.41, 5.74) is 2.51. The number of hydrogen-bond acceptors (Lipinski definition) is 3.